The lowest BCUT2D eigenvalue weighted by atomic mass is 10.1. The summed E-state index contributed by atoms with van der Waals surface area (Å²) in [4.78, 5) is 33.5. The standard InChI is InChI=1S/C15H21ClN4O3/c1-15(2,3)23-14(22)20-6-4-10(5-7-20)18-13(21)11-8-17-9-12(16)19-11/h8-10H,4-7H2,1-3H3,(H,18,21). The van der Waals surface area contributed by atoms with E-state index in [0.29, 0.717) is 25.9 Å². The van der Waals surface area contributed by atoms with Gasteiger partial charge in [-0.25, -0.2) is 9.78 Å². The molecule has 0 unspecified atom stereocenters. The van der Waals surface area contributed by atoms with Crippen LogP contribution in [0.25, 0.3) is 0 Å². The van der Waals surface area contributed by atoms with Crippen molar-refractivity contribution in [3.05, 3.63) is 23.2 Å². The Labute approximate surface area is 140 Å². The van der Waals surface area contributed by atoms with E-state index in [1.807, 2.05) is 20.8 Å². The van der Waals surface area contributed by atoms with Gasteiger partial charge in [0.05, 0.1) is 12.4 Å². The van der Waals surface area contributed by atoms with Gasteiger partial charge in [0.1, 0.15) is 16.4 Å². The zero-order valence-corrected chi connectivity index (χ0v) is 14.3. The van der Waals surface area contributed by atoms with Gasteiger partial charge >= 0.3 is 6.09 Å². The molecule has 1 N–H and O–H groups in total. The second-order valence-corrected chi connectivity index (χ2v) is 6.83. The van der Waals surface area contributed by atoms with Gasteiger partial charge in [-0.2, -0.15) is 0 Å². The number of nitrogens with one attached hydrogen (secondary N) is 1. The lowest BCUT2D eigenvalue weighted by Gasteiger charge is -2.33. The van der Waals surface area contributed by atoms with Gasteiger partial charge in [0.2, 0.25) is 0 Å². The molecule has 23 heavy (non-hydrogen) atoms. The maximum Gasteiger partial charge on any atom is 0.410 e. The highest BCUT2D eigenvalue weighted by Gasteiger charge is 2.27. The summed E-state index contributed by atoms with van der Waals surface area (Å²) in [5.41, 5.74) is -0.319. The van der Waals surface area contributed by atoms with E-state index in [2.05, 4.69) is 15.3 Å². The first-order valence-corrected chi connectivity index (χ1v) is 7.89. The SMILES string of the molecule is CC(C)(C)OC(=O)N1CCC(NC(=O)c2cncc(Cl)n2)CC1. The van der Waals surface area contributed by atoms with E-state index in [1.165, 1.54) is 12.4 Å². The van der Waals surface area contributed by atoms with Crippen molar-refractivity contribution in [2.24, 2.45) is 0 Å². The predicted octanol–water partition coefficient (Wildman–Crippen LogP) is 2.26. The number of aromatic nitrogens is 2. The average Bonchev–Trinajstić information content (AvgIpc) is 2.46. The van der Waals surface area contributed by atoms with E-state index >= 15 is 0 Å². The minimum absolute atomic E-state index is 0.0121. The molecule has 0 spiro atoms. The Morgan fingerprint density at radius 3 is 2.52 bits per heavy atom. The third-order valence-electron chi connectivity index (χ3n) is 3.32. The van der Waals surface area contributed by atoms with Crippen molar-refractivity contribution >= 4 is 23.6 Å². The Bertz CT molecular complexity index is 580. The number of rotatable bonds is 2. The van der Waals surface area contributed by atoms with Gasteiger partial charge < -0.3 is 15.0 Å². The van der Waals surface area contributed by atoms with Crippen LogP contribution in [0, 0.1) is 0 Å². The molecule has 1 saturated heterocycles. The fraction of sp³-hybridized carbons (Fsp3) is 0.600. The first-order chi connectivity index (χ1) is 10.7. The summed E-state index contributed by atoms with van der Waals surface area (Å²) in [5.74, 6) is -0.310. The highest BCUT2D eigenvalue weighted by Crippen LogP contribution is 2.15. The molecule has 1 aromatic heterocycles. The van der Waals surface area contributed by atoms with Gasteiger partial charge in [0.15, 0.2) is 0 Å². The van der Waals surface area contributed by atoms with Crippen molar-refractivity contribution < 1.29 is 14.3 Å². The van der Waals surface area contributed by atoms with E-state index < -0.39 is 5.60 Å². The molecule has 0 aromatic carbocycles. The number of halogens is 1. The molecule has 0 aliphatic carbocycles. The van der Waals surface area contributed by atoms with Crippen LogP contribution in [0.5, 0.6) is 0 Å². The second kappa shape index (κ2) is 7.12. The first-order valence-electron chi connectivity index (χ1n) is 7.51. The maximum atomic E-state index is 12.1. The molecule has 0 bridgehead atoms. The quantitative estimate of drug-likeness (QED) is 0.892. The molecular formula is C15H21ClN4O3. The number of piperidine rings is 1. The Morgan fingerprint density at radius 1 is 1.30 bits per heavy atom. The Balaban J connectivity index is 1.83. The molecule has 0 radical (unpaired) electrons. The second-order valence-electron chi connectivity index (χ2n) is 6.44. The molecule has 0 atom stereocenters. The van der Waals surface area contributed by atoms with E-state index in [0.717, 1.165) is 0 Å². The van der Waals surface area contributed by atoms with E-state index in [-0.39, 0.29) is 28.9 Å². The number of carbonyl (C=O) groups excluding carboxylic acids is 2. The third kappa shape index (κ3) is 5.35. The zero-order valence-electron chi connectivity index (χ0n) is 13.5. The molecule has 1 aliphatic heterocycles. The normalized spacial score (nSPS) is 16.1. The molecule has 1 aromatic rings. The lowest BCUT2D eigenvalue weighted by molar-refractivity contribution is 0.0199. The molecule has 126 valence electrons. The fourth-order valence-electron chi connectivity index (χ4n) is 2.24. The van der Waals surface area contributed by atoms with E-state index in [1.54, 1.807) is 4.90 Å². The molecule has 0 saturated carbocycles. The summed E-state index contributed by atoms with van der Waals surface area (Å²) in [7, 11) is 0. The summed E-state index contributed by atoms with van der Waals surface area (Å²) in [6.45, 7) is 6.60. The predicted molar refractivity (Wildman–Crippen MR) is 85.3 cm³/mol. The van der Waals surface area contributed by atoms with Gasteiger partial charge in [0, 0.05) is 19.1 Å². The topological polar surface area (TPSA) is 84.4 Å². The van der Waals surface area contributed by atoms with Gasteiger partial charge in [-0.1, -0.05) is 11.6 Å². The summed E-state index contributed by atoms with van der Waals surface area (Å²) in [6, 6.07) is -0.0121. The van der Waals surface area contributed by atoms with E-state index in [4.69, 9.17) is 16.3 Å². The van der Waals surface area contributed by atoms with Crippen molar-refractivity contribution in [1.29, 1.82) is 0 Å². The first kappa shape index (κ1) is 17.5. The number of ether oxygens (including phenoxy) is 1. The largest absolute Gasteiger partial charge is 0.444 e. The van der Waals surface area contributed by atoms with E-state index in [9.17, 15) is 9.59 Å². The van der Waals surface area contributed by atoms with Crippen LogP contribution in [0.15, 0.2) is 12.4 Å². The molecule has 1 aliphatic rings. The summed E-state index contributed by atoms with van der Waals surface area (Å²) in [5, 5.41) is 3.07. The van der Waals surface area contributed by atoms with Crippen LogP contribution < -0.4 is 5.32 Å². The minimum Gasteiger partial charge on any atom is -0.444 e. The highest BCUT2D eigenvalue weighted by atomic mass is 35.5. The Hall–Kier alpha value is -1.89. The van der Waals surface area contributed by atoms with Crippen LogP contribution in [-0.4, -0.2) is 51.6 Å². The molecular weight excluding hydrogens is 320 g/mol. The summed E-state index contributed by atoms with van der Waals surface area (Å²) >= 11 is 5.73. The number of hydrogen-bond acceptors (Lipinski definition) is 5. The number of hydrogen-bond donors (Lipinski definition) is 1. The van der Waals surface area contributed by atoms with Crippen LogP contribution in [0.1, 0.15) is 44.1 Å². The number of likely N-dealkylation sites (tertiary alicyclic amines) is 1. The smallest absolute Gasteiger partial charge is 0.410 e. The Kier molecular flexibility index (Phi) is 5.41. The monoisotopic (exact) mass is 340 g/mol. The zero-order chi connectivity index (χ0) is 17.0. The average molecular weight is 341 g/mol. The number of carbonyl (C=O) groups is 2. The Morgan fingerprint density at radius 2 is 1.96 bits per heavy atom. The number of amides is 2. The molecule has 2 amide bonds. The summed E-state index contributed by atoms with van der Waals surface area (Å²) in [6.07, 6.45) is 3.76. The highest BCUT2D eigenvalue weighted by molar-refractivity contribution is 6.29. The van der Waals surface area contributed by atoms with Crippen LogP contribution in [0.2, 0.25) is 5.15 Å². The van der Waals surface area contributed by atoms with Crippen LogP contribution >= 0.6 is 11.6 Å². The molecule has 2 heterocycles. The maximum absolute atomic E-state index is 12.1. The van der Waals surface area contributed by atoms with Crippen molar-refractivity contribution in [3.63, 3.8) is 0 Å². The van der Waals surface area contributed by atoms with Crippen LogP contribution in [-0.2, 0) is 4.74 Å². The van der Waals surface area contributed by atoms with Crippen molar-refractivity contribution in [2.45, 2.75) is 45.3 Å². The van der Waals surface area contributed by atoms with Crippen molar-refractivity contribution in [2.75, 3.05) is 13.1 Å². The molecule has 1 fully saturated rings. The van der Waals surface area contributed by atoms with Gasteiger partial charge in [-0.15, -0.1) is 0 Å². The van der Waals surface area contributed by atoms with Crippen molar-refractivity contribution in [1.82, 2.24) is 20.2 Å². The summed E-state index contributed by atoms with van der Waals surface area (Å²) < 4.78 is 5.34. The number of nitrogens with zero attached hydrogens (tertiary/aromatic N) is 3. The van der Waals surface area contributed by atoms with Gasteiger partial charge in [0.25, 0.3) is 5.91 Å². The fourth-order valence-corrected chi connectivity index (χ4v) is 2.39. The van der Waals surface area contributed by atoms with Crippen LogP contribution in [0.3, 0.4) is 0 Å². The van der Waals surface area contributed by atoms with Gasteiger partial charge in [-0.05, 0) is 33.6 Å². The third-order valence-corrected chi connectivity index (χ3v) is 3.50. The molecule has 8 heteroatoms. The molecule has 7 nitrogen and oxygen atoms in total. The van der Waals surface area contributed by atoms with Crippen LogP contribution in [0.4, 0.5) is 4.79 Å². The van der Waals surface area contributed by atoms with Crippen molar-refractivity contribution in [3.8, 4) is 0 Å². The molecule has 2 rings (SSSR count). The minimum atomic E-state index is -0.507. The van der Waals surface area contributed by atoms with Gasteiger partial charge in [-0.3, -0.25) is 9.78 Å². The lowest BCUT2D eigenvalue weighted by Crippen LogP contribution is -2.47.